The van der Waals surface area contributed by atoms with Crippen molar-refractivity contribution in [2.24, 2.45) is 0 Å². The van der Waals surface area contributed by atoms with Gasteiger partial charge < -0.3 is 15.5 Å². The van der Waals surface area contributed by atoms with Crippen LogP contribution >= 0.6 is 0 Å². The molecule has 5 nitrogen and oxygen atoms in total. The van der Waals surface area contributed by atoms with E-state index in [4.69, 9.17) is 0 Å². The quantitative estimate of drug-likeness (QED) is 0.671. The van der Waals surface area contributed by atoms with E-state index in [1.807, 2.05) is 6.92 Å². The van der Waals surface area contributed by atoms with Gasteiger partial charge in [0, 0.05) is 38.8 Å². The molecule has 0 aromatic carbocycles. The summed E-state index contributed by atoms with van der Waals surface area (Å²) in [6.45, 7) is 8.01. The zero-order valence-corrected chi connectivity index (χ0v) is 10.9. The fourth-order valence-corrected chi connectivity index (χ4v) is 2.61. The van der Waals surface area contributed by atoms with Crippen LogP contribution in [-0.2, 0) is 4.79 Å². The normalized spacial score (nSPS) is 29.2. The Morgan fingerprint density at radius 3 is 2.65 bits per heavy atom. The maximum atomic E-state index is 12.1. The lowest BCUT2D eigenvalue weighted by Crippen LogP contribution is -2.54. The van der Waals surface area contributed by atoms with E-state index in [9.17, 15) is 4.79 Å². The predicted molar refractivity (Wildman–Crippen MR) is 67.9 cm³/mol. The van der Waals surface area contributed by atoms with Gasteiger partial charge in [-0.15, -0.1) is 0 Å². The number of nitrogens with zero attached hydrogens (tertiary/aromatic N) is 2. The minimum atomic E-state index is 0.00278. The van der Waals surface area contributed by atoms with Crippen LogP contribution in [-0.4, -0.2) is 74.1 Å². The van der Waals surface area contributed by atoms with Crippen LogP contribution in [0.15, 0.2) is 0 Å². The first-order valence-electron chi connectivity index (χ1n) is 6.60. The molecule has 0 aromatic heterocycles. The van der Waals surface area contributed by atoms with Gasteiger partial charge >= 0.3 is 0 Å². The molecule has 17 heavy (non-hydrogen) atoms. The molecule has 0 radical (unpaired) electrons. The Bertz CT molecular complexity index is 265. The van der Waals surface area contributed by atoms with Gasteiger partial charge in [-0.05, 0) is 26.9 Å². The minimum absolute atomic E-state index is 0.00278. The van der Waals surface area contributed by atoms with E-state index < -0.39 is 0 Å². The van der Waals surface area contributed by atoms with E-state index in [1.165, 1.54) is 0 Å². The number of hydrogen-bond acceptors (Lipinski definition) is 4. The summed E-state index contributed by atoms with van der Waals surface area (Å²) in [4.78, 5) is 16.6. The van der Waals surface area contributed by atoms with Crippen molar-refractivity contribution in [2.75, 3.05) is 46.3 Å². The number of piperazine rings is 1. The lowest BCUT2D eigenvalue weighted by Gasteiger charge is -2.32. The Balaban J connectivity index is 1.78. The van der Waals surface area contributed by atoms with Crippen molar-refractivity contribution in [3.63, 3.8) is 0 Å². The average Bonchev–Trinajstić information content (AvgIpc) is 2.75. The van der Waals surface area contributed by atoms with Crippen molar-refractivity contribution in [1.29, 1.82) is 0 Å². The zero-order valence-electron chi connectivity index (χ0n) is 10.9. The summed E-state index contributed by atoms with van der Waals surface area (Å²) in [5.74, 6) is 0.187. The first kappa shape index (κ1) is 12.8. The van der Waals surface area contributed by atoms with E-state index >= 15 is 0 Å². The summed E-state index contributed by atoms with van der Waals surface area (Å²) in [5, 5.41) is 6.47. The number of carbonyl (C=O) groups is 1. The van der Waals surface area contributed by atoms with Crippen LogP contribution in [0.3, 0.4) is 0 Å². The van der Waals surface area contributed by atoms with Crippen molar-refractivity contribution in [1.82, 2.24) is 20.4 Å². The Morgan fingerprint density at radius 1 is 1.35 bits per heavy atom. The molecule has 2 aliphatic heterocycles. The summed E-state index contributed by atoms with van der Waals surface area (Å²) in [7, 11) is 2.10. The maximum Gasteiger partial charge on any atom is 0.237 e. The molecule has 0 aliphatic carbocycles. The standard InChI is InChI=1S/C12H24N4O/c1-10(16-7-4-13-5-8-16)12(17)14-11-3-6-15(2)9-11/h10-11,13H,3-9H2,1-2H3,(H,14,17). The van der Waals surface area contributed by atoms with Gasteiger partial charge in [0.2, 0.25) is 5.91 Å². The second kappa shape index (κ2) is 5.80. The fourth-order valence-electron chi connectivity index (χ4n) is 2.61. The van der Waals surface area contributed by atoms with Crippen molar-refractivity contribution in [3.8, 4) is 0 Å². The monoisotopic (exact) mass is 240 g/mol. The third kappa shape index (κ3) is 3.40. The van der Waals surface area contributed by atoms with E-state index in [2.05, 4.69) is 27.5 Å². The molecule has 2 unspecified atom stereocenters. The molecule has 98 valence electrons. The maximum absolute atomic E-state index is 12.1. The second-order valence-corrected chi connectivity index (χ2v) is 5.22. The lowest BCUT2D eigenvalue weighted by molar-refractivity contribution is -0.126. The minimum Gasteiger partial charge on any atom is -0.351 e. The molecular formula is C12H24N4O. The second-order valence-electron chi connectivity index (χ2n) is 5.22. The number of amides is 1. The lowest BCUT2D eigenvalue weighted by atomic mass is 10.2. The molecule has 2 fully saturated rings. The van der Waals surface area contributed by atoms with E-state index in [0.717, 1.165) is 45.7 Å². The molecule has 2 rings (SSSR count). The Morgan fingerprint density at radius 2 is 2.06 bits per heavy atom. The van der Waals surface area contributed by atoms with E-state index in [-0.39, 0.29) is 11.9 Å². The number of likely N-dealkylation sites (tertiary alicyclic amines) is 1. The highest BCUT2D eigenvalue weighted by atomic mass is 16.2. The van der Waals surface area contributed by atoms with Gasteiger partial charge in [-0.3, -0.25) is 9.69 Å². The molecule has 2 saturated heterocycles. The topological polar surface area (TPSA) is 47.6 Å². The highest BCUT2D eigenvalue weighted by molar-refractivity contribution is 5.81. The van der Waals surface area contributed by atoms with Crippen molar-refractivity contribution in [2.45, 2.75) is 25.4 Å². The summed E-state index contributed by atoms with van der Waals surface area (Å²) in [6.07, 6.45) is 1.08. The Labute approximate surface area is 104 Å². The van der Waals surface area contributed by atoms with Crippen LogP contribution in [0.2, 0.25) is 0 Å². The number of rotatable bonds is 3. The first-order chi connectivity index (χ1) is 8.16. The van der Waals surface area contributed by atoms with Crippen molar-refractivity contribution >= 4 is 5.91 Å². The fraction of sp³-hybridized carbons (Fsp3) is 0.917. The SMILES string of the molecule is CC(C(=O)NC1CCN(C)C1)N1CCNCC1. The summed E-state index contributed by atoms with van der Waals surface area (Å²) in [6, 6.07) is 0.348. The number of hydrogen-bond donors (Lipinski definition) is 2. The average molecular weight is 240 g/mol. The molecule has 2 N–H and O–H groups in total. The molecule has 5 heteroatoms. The summed E-state index contributed by atoms with van der Waals surface area (Å²) in [5.41, 5.74) is 0. The predicted octanol–water partition coefficient (Wildman–Crippen LogP) is -0.900. The van der Waals surface area contributed by atoms with Crippen molar-refractivity contribution in [3.05, 3.63) is 0 Å². The van der Waals surface area contributed by atoms with Gasteiger partial charge in [0.1, 0.15) is 0 Å². The van der Waals surface area contributed by atoms with Gasteiger partial charge in [0.15, 0.2) is 0 Å². The molecule has 0 spiro atoms. The molecule has 0 saturated carbocycles. The molecule has 0 bridgehead atoms. The van der Waals surface area contributed by atoms with Crippen LogP contribution in [0.5, 0.6) is 0 Å². The van der Waals surface area contributed by atoms with Crippen LogP contribution in [0, 0.1) is 0 Å². The van der Waals surface area contributed by atoms with Gasteiger partial charge in [-0.2, -0.15) is 0 Å². The third-order valence-corrected chi connectivity index (χ3v) is 3.82. The van der Waals surface area contributed by atoms with Gasteiger partial charge in [-0.25, -0.2) is 0 Å². The molecular weight excluding hydrogens is 216 g/mol. The van der Waals surface area contributed by atoms with Crippen LogP contribution in [0.1, 0.15) is 13.3 Å². The van der Waals surface area contributed by atoms with Gasteiger partial charge in [0.05, 0.1) is 6.04 Å². The number of carbonyl (C=O) groups excluding carboxylic acids is 1. The highest BCUT2D eigenvalue weighted by Gasteiger charge is 2.26. The Kier molecular flexibility index (Phi) is 4.36. The molecule has 2 heterocycles. The smallest absolute Gasteiger partial charge is 0.237 e. The molecule has 2 aliphatic rings. The summed E-state index contributed by atoms with van der Waals surface area (Å²) < 4.78 is 0. The zero-order chi connectivity index (χ0) is 12.3. The third-order valence-electron chi connectivity index (χ3n) is 3.82. The molecule has 0 aromatic rings. The van der Waals surface area contributed by atoms with E-state index in [0.29, 0.717) is 6.04 Å². The van der Waals surface area contributed by atoms with Gasteiger partial charge in [0.25, 0.3) is 0 Å². The molecule has 2 atom stereocenters. The largest absolute Gasteiger partial charge is 0.351 e. The molecule has 1 amide bonds. The first-order valence-corrected chi connectivity index (χ1v) is 6.60. The van der Waals surface area contributed by atoms with Crippen LogP contribution < -0.4 is 10.6 Å². The summed E-state index contributed by atoms with van der Waals surface area (Å²) >= 11 is 0. The van der Waals surface area contributed by atoms with Gasteiger partial charge in [-0.1, -0.05) is 0 Å². The van der Waals surface area contributed by atoms with E-state index in [1.54, 1.807) is 0 Å². The van der Waals surface area contributed by atoms with Crippen molar-refractivity contribution < 1.29 is 4.79 Å². The van der Waals surface area contributed by atoms with Crippen LogP contribution in [0.4, 0.5) is 0 Å². The number of likely N-dealkylation sites (N-methyl/N-ethyl adjacent to an activating group) is 1. The van der Waals surface area contributed by atoms with Crippen LogP contribution in [0.25, 0.3) is 0 Å². The number of nitrogens with one attached hydrogen (secondary N) is 2. The highest BCUT2D eigenvalue weighted by Crippen LogP contribution is 2.08. The Hall–Kier alpha value is -0.650.